The van der Waals surface area contributed by atoms with Gasteiger partial charge in [-0.15, -0.1) is 0 Å². The fraction of sp³-hybridized carbons (Fsp3) is 1.00. The highest BCUT2D eigenvalue weighted by molar-refractivity contribution is 6.58. The SMILES string of the molecule is CCB(C)C1CCCN(C(C)(C)C)OC1. The summed E-state index contributed by atoms with van der Waals surface area (Å²) in [6.45, 7) is 14.1. The lowest BCUT2D eigenvalue weighted by molar-refractivity contribution is -0.203. The highest BCUT2D eigenvalue weighted by Crippen LogP contribution is 2.27. The molecule has 0 N–H and O–H groups in total. The lowest BCUT2D eigenvalue weighted by Gasteiger charge is -2.33. The van der Waals surface area contributed by atoms with Gasteiger partial charge in [0.2, 0.25) is 0 Å². The minimum absolute atomic E-state index is 0.143. The molecule has 0 radical (unpaired) electrons. The van der Waals surface area contributed by atoms with Crippen LogP contribution >= 0.6 is 0 Å². The van der Waals surface area contributed by atoms with E-state index >= 15 is 0 Å². The number of nitrogens with zero attached hydrogens (tertiary/aromatic N) is 1. The second-order valence-corrected chi connectivity index (χ2v) is 5.86. The van der Waals surface area contributed by atoms with Gasteiger partial charge in [0, 0.05) is 12.1 Å². The van der Waals surface area contributed by atoms with E-state index in [9.17, 15) is 0 Å². The summed E-state index contributed by atoms with van der Waals surface area (Å²) in [4.78, 5) is 5.94. The summed E-state index contributed by atoms with van der Waals surface area (Å²) < 4.78 is 0. The lowest BCUT2D eigenvalue weighted by atomic mass is 9.40. The first-order valence-electron chi connectivity index (χ1n) is 6.35. The predicted molar refractivity (Wildman–Crippen MR) is 67.5 cm³/mol. The van der Waals surface area contributed by atoms with Gasteiger partial charge >= 0.3 is 0 Å². The molecule has 3 heteroatoms. The number of hydrogen-bond acceptors (Lipinski definition) is 2. The Kier molecular flexibility index (Phi) is 4.66. The fourth-order valence-corrected chi connectivity index (χ4v) is 2.14. The quantitative estimate of drug-likeness (QED) is 0.649. The van der Waals surface area contributed by atoms with Crippen molar-refractivity contribution in [1.82, 2.24) is 5.06 Å². The number of rotatable bonds is 2. The van der Waals surface area contributed by atoms with Crippen LogP contribution in [-0.4, -0.2) is 30.5 Å². The molecule has 1 fully saturated rings. The summed E-state index contributed by atoms with van der Waals surface area (Å²) in [7, 11) is 0. The Morgan fingerprint density at radius 1 is 1.40 bits per heavy atom. The van der Waals surface area contributed by atoms with Crippen LogP contribution in [0.3, 0.4) is 0 Å². The molecular weight excluding hydrogens is 185 g/mol. The van der Waals surface area contributed by atoms with E-state index in [1.54, 1.807) is 0 Å². The smallest absolute Gasteiger partial charge is 0.142 e. The molecule has 0 bridgehead atoms. The van der Waals surface area contributed by atoms with Gasteiger partial charge in [-0.25, -0.2) is 0 Å². The molecule has 0 aromatic carbocycles. The molecule has 15 heavy (non-hydrogen) atoms. The molecule has 0 aromatic rings. The molecule has 0 amide bonds. The van der Waals surface area contributed by atoms with Crippen LogP contribution in [0.25, 0.3) is 0 Å². The van der Waals surface area contributed by atoms with Crippen LogP contribution in [0.2, 0.25) is 19.0 Å². The topological polar surface area (TPSA) is 12.5 Å². The minimum atomic E-state index is 0.143. The predicted octanol–water partition coefficient (Wildman–Crippen LogP) is 3.33. The summed E-state index contributed by atoms with van der Waals surface area (Å²) >= 11 is 0. The van der Waals surface area contributed by atoms with E-state index in [1.165, 1.54) is 19.2 Å². The van der Waals surface area contributed by atoms with Crippen molar-refractivity contribution in [2.24, 2.45) is 0 Å². The maximum absolute atomic E-state index is 5.94. The number of hydrogen-bond donors (Lipinski definition) is 0. The summed E-state index contributed by atoms with van der Waals surface area (Å²) in [6, 6.07) is 0. The molecule has 1 saturated heterocycles. The zero-order chi connectivity index (χ0) is 11.5. The van der Waals surface area contributed by atoms with Gasteiger partial charge in [-0.1, -0.05) is 26.5 Å². The summed E-state index contributed by atoms with van der Waals surface area (Å²) in [5.41, 5.74) is 0.143. The fourth-order valence-electron chi connectivity index (χ4n) is 2.14. The molecule has 1 aliphatic heterocycles. The molecular formula is C12H26BNO. The van der Waals surface area contributed by atoms with Crippen LogP contribution < -0.4 is 0 Å². The zero-order valence-corrected chi connectivity index (χ0v) is 11.0. The Hall–Kier alpha value is -0.0151. The largest absolute Gasteiger partial charge is 0.299 e. The van der Waals surface area contributed by atoms with Crippen LogP contribution in [0.1, 0.15) is 40.5 Å². The molecule has 0 spiro atoms. The van der Waals surface area contributed by atoms with Crippen LogP contribution in [0.5, 0.6) is 0 Å². The second kappa shape index (κ2) is 5.35. The Bertz CT molecular complexity index is 191. The molecule has 0 aliphatic carbocycles. The van der Waals surface area contributed by atoms with Crippen molar-refractivity contribution >= 4 is 6.71 Å². The van der Waals surface area contributed by atoms with Crippen molar-refractivity contribution in [3.63, 3.8) is 0 Å². The maximum atomic E-state index is 5.94. The molecule has 1 aliphatic rings. The maximum Gasteiger partial charge on any atom is 0.142 e. The van der Waals surface area contributed by atoms with E-state index in [0.717, 1.165) is 25.7 Å². The first-order valence-corrected chi connectivity index (χ1v) is 6.35. The van der Waals surface area contributed by atoms with Crippen molar-refractivity contribution in [2.45, 2.75) is 65.0 Å². The second-order valence-electron chi connectivity index (χ2n) is 5.86. The van der Waals surface area contributed by atoms with Crippen molar-refractivity contribution in [3.05, 3.63) is 0 Å². The van der Waals surface area contributed by atoms with Crippen LogP contribution in [-0.2, 0) is 4.84 Å². The lowest BCUT2D eigenvalue weighted by Crippen LogP contribution is -2.41. The average molecular weight is 211 g/mol. The third-order valence-electron chi connectivity index (χ3n) is 3.58. The van der Waals surface area contributed by atoms with Gasteiger partial charge in [-0.05, 0) is 33.0 Å². The normalized spacial score (nSPS) is 25.0. The molecule has 1 heterocycles. The highest BCUT2D eigenvalue weighted by atomic mass is 16.7. The van der Waals surface area contributed by atoms with Crippen LogP contribution in [0, 0.1) is 0 Å². The molecule has 1 atom stereocenters. The molecule has 2 nitrogen and oxygen atoms in total. The summed E-state index contributed by atoms with van der Waals surface area (Å²) in [6.07, 6.45) is 3.86. The Morgan fingerprint density at radius 2 is 2.07 bits per heavy atom. The van der Waals surface area contributed by atoms with Crippen molar-refractivity contribution in [3.8, 4) is 0 Å². The van der Waals surface area contributed by atoms with Gasteiger partial charge in [0.15, 0.2) is 0 Å². The third-order valence-corrected chi connectivity index (χ3v) is 3.58. The van der Waals surface area contributed by atoms with E-state index in [-0.39, 0.29) is 5.54 Å². The average Bonchev–Trinajstić information content (AvgIpc) is 2.40. The molecule has 88 valence electrons. The Morgan fingerprint density at radius 3 is 2.60 bits per heavy atom. The van der Waals surface area contributed by atoms with E-state index < -0.39 is 0 Å². The van der Waals surface area contributed by atoms with Crippen molar-refractivity contribution in [2.75, 3.05) is 13.2 Å². The van der Waals surface area contributed by atoms with Crippen LogP contribution in [0.15, 0.2) is 0 Å². The highest BCUT2D eigenvalue weighted by Gasteiger charge is 2.28. The number of hydroxylamine groups is 2. The third kappa shape index (κ3) is 3.80. The van der Waals surface area contributed by atoms with Gasteiger partial charge in [-0.3, -0.25) is 4.84 Å². The molecule has 1 rings (SSSR count). The molecule has 0 saturated carbocycles. The van der Waals surface area contributed by atoms with Gasteiger partial charge in [-0.2, -0.15) is 5.06 Å². The van der Waals surface area contributed by atoms with Crippen LogP contribution in [0.4, 0.5) is 0 Å². The monoisotopic (exact) mass is 211 g/mol. The van der Waals surface area contributed by atoms with Gasteiger partial charge in [0.25, 0.3) is 0 Å². The standard InChI is InChI=1S/C12H26BNO/c1-6-13(5)11-8-7-9-14(15-10-11)12(2,3)4/h11H,6-10H2,1-5H3. The van der Waals surface area contributed by atoms with Gasteiger partial charge < -0.3 is 0 Å². The van der Waals surface area contributed by atoms with E-state index in [1.807, 2.05) is 0 Å². The summed E-state index contributed by atoms with van der Waals surface area (Å²) in [5, 5.41) is 2.16. The molecule has 1 unspecified atom stereocenters. The Balaban J connectivity index is 2.49. The first-order chi connectivity index (χ1) is 6.95. The molecule has 0 aromatic heterocycles. The van der Waals surface area contributed by atoms with Crippen molar-refractivity contribution < 1.29 is 4.84 Å². The first kappa shape index (κ1) is 13.1. The van der Waals surface area contributed by atoms with Crippen molar-refractivity contribution in [1.29, 1.82) is 0 Å². The van der Waals surface area contributed by atoms with E-state index in [0.29, 0.717) is 0 Å². The summed E-state index contributed by atoms with van der Waals surface area (Å²) in [5.74, 6) is 0.752. The van der Waals surface area contributed by atoms with Gasteiger partial charge in [0.1, 0.15) is 6.71 Å². The zero-order valence-electron chi connectivity index (χ0n) is 11.0. The van der Waals surface area contributed by atoms with Gasteiger partial charge in [0.05, 0.1) is 6.61 Å². The minimum Gasteiger partial charge on any atom is -0.299 e. The van der Waals surface area contributed by atoms with E-state index in [4.69, 9.17) is 4.84 Å². The van der Waals surface area contributed by atoms with E-state index in [2.05, 4.69) is 39.6 Å². The Labute approximate surface area is 95.4 Å².